The van der Waals surface area contributed by atoms with Gasteiger partial charge in [0.2, 0.25) is 0 Å². The fourth-order valence-corrected chi connectivity index (χ4v) is 2.55. The summed E-state index contributed by atoms with van der Waals surface area (Å²) in [6, 6.07) is 0.134. The number of hydrogen-bond acceptors (Lipinski definition) is 3. The predicted molar refractivity (Wildman–Crippen MR) is 68.9 cm³/mol. The topological polar surface area (TPSA) is 58.8 Å². The summed E-state index contributed by atoms with van der Waals surface area (Å²) in [4.78, 5) is 16.5. The number of nitrogens with two attached hydrogens (primary N) is 1. The van der Waals surface area contributed by atoms with Crippen LogP contribution in [0.5, 0.6) is 0 Å². The van der Waals surface area contributed by atoms with Crippen LogP contribution in [0.25, 0.3) is 0 Å². The Morgan fingerprint density at radius 3 is 2.18 bits per heavy atom. The number of amides is 2. The summed E-state index contributed by atoms with van der Waals surface area (Å²) in [5.41, 5.74) is 5.63. The van der Waals surface area contributed by atoms with Crippen molar-refractivity contribution in [2.75, 3.05) is 39.4 Å². The Balaban J connectivity index is 1.83. The molecule has 2 fully saturated rings. The first-order valence-corrected chi connectivity index (χ1v) is 6.50. The zero-order valence-corrected chi connectivity index (χ0v) is 10.7. The zero-order valence-electron chi connectivity index (χ0n) is 9.93. The minimum absolute atomic E-state index is 0.134. The highest BCUT2D eigenvalue weighted by Crippen LogP contribution is 2.18. The summed E-state index contributed by atoms with van der Waals surface area (Å²) in [6.45, 7) is 4.22. The van der Waals surface area contributed by atoms with Crippen LogP contribution >= 0.6 is 12.2 Å². The summed E-state index contributed by atoms with van der Waals surface area (Å²) in [6.07, 6.45) is 1.79. The van der Waals surface area contributed by atoms with Crippen molar-refractivity contribution >= 4 is 23.2 Å². The molecule has 0 unspecified atom stereocenters. The lowest BCUT2D eigenvalue weighted by atomic mass is 9.97. The summed E-state index contributed by atoms with van der Waals surface area (Å²) >= 11 is 4.99. The van der Waals surface area contributed by atoms with E-state index >= 15 is 0 Å². The molecule has 0 spiro atoms. The minimum Gasteiger partial charge on any atom is -0.393 e. The van der Waals surface area contributed by atoms with Gasteiger partial charge in [-0.25, -0.2) is 4.79 Å². The molecule has 2 heterocycles. The van der Waals surface area contributed by atoms with Gasteiger partial charge in [-0.1, -0.05) is 12.2 Å². The lowest BCUT2D eigenvalue weighted by molar-refractivity contribution is 0.0410. The van der Waals surface area contributed by atoms with Crippen molar-refractivity contribution in [2.45, 2.75) is 12.8 Å². The first kappa shape index (κ1) is 12.6. The molecule has 2 rings (SSSR count). The molecule has 2 amide bonds. The van der Waals surface area contributed by atoms with Crippen LogP contribution in [0, 0.1) is 5.92 Å². The van der Waals surface area contributed by atoms with Crippen molar-refractivity contribution in [3.05, 3.63) is 0 Å². The van der Waals surface area contributed by atoms with Crippen LogP contribution < -0.4 is 5.73 Å². The van der Waals surface area contributed by atoms with Gasteiger partial charge < -0.3 is 20.3 Å². The van der Waals surface area contributed by atoms with Crippen molar-refractivity contribution in [3.63, 3.8) is 0 Å². The number of nitrogens with zero attached hydrogens (tertiary/aromatic N) is 2. The summed E-state index contributed by atoms with van der Waals surface area (Å²) in [7, 11) is 0. The molecule has 0 aliphatic carbocycles. The molecular weight excluding hydrogens is 238 g/mol. The van der Waals surface area contributed by atoms with Crippen LogP contribution in [0.15, 0.2) is 0 Å². The largest absolute Gasteiger partial charge is 0.393 e. The molecule has 17 heavy (non-hydrogen) atoms. The lowest BCUT2D eigenvalue weighted by Crippen LogP contribution is -2.51. The molecule has 0 bridgehead atoms. The fraction of sp³-hybridized carbons (Fsp3) is 0.818. The fourth-order valence-electron chi connectivity index (χ4n) is 2.31. The first-order chi connectivity index (χ1) is 8.18. The van der Waals surface area contributed by atoms with Gasteiger partial charge >= 0.3 is 6.03 Å². The Labute approximate surface area is 107 Å². The molecule has 0 aromatic heterocycles. The van der Waals surface area contributed by atoms with Gasteiger partial charge in [-0.3, -0.25) is 0 Å². The van der Waals surface area contributed by atoms with Gasteiger partial charge in [-0.15, -0.1) is 0 Å². The van der Waals surface area contributed by atoms with Gasteiger partial charge in [0, 0.05) is 32.1 Å². The van der Waals surface area contributed by atoms with Gasteiger partial charge in [0.15, 0.2) is 0 Å². The van der Waals surface area contributed by atoms with Crippen LogP contribution in [0.2, 0.25) is 0 Å². The van der Waals surface area contributed by atoms with Crippen LogP contribution in [0.3, 0.4) is 0 Å². The number of likely N-dealkylation sites (tertiary alicyclic amines) is 1. The van der Waals surface area contributed by atoms with Crippen molar-refractivity contribution in [3.8, 4) is 0 Å². The average molecular weight is 257 g/mol. The number of thiocarbonyl (C=S) groups is 1. The second-order valence-electron chi connectivity index (χ2n) is 4.55. The smallest absolute Gasteiger partial charge is 0.320 e. The maximum Gasteiger partial charge on any atom is 0.320 e. The molecule has 0 atom stereocenters. The van der Waals surface area contributed by atoms with Gasteiger partial charge in [-0.05, 0) is 12.8 Å². The molecule has 0 aromatic rings. The van der Waals surface area contributed by atoms with Crippen molar-refractivity contribution in [1.82, 2.24) is 9.80 Å². The van der Waals surface area contributed by atoms with E-state index in [4.69, 9.17) is 22.7 Å². The molecule has 0 aromatic carbocycles. The van der Waals surface area contributed by atoms with E-state index in [0.717, 1.165) is 25.9 Å². The monoisotopic (exact) mass is 257 g/mol. The van der Waals surface area contributed by atoms with Crippen LogP contribution in [-0.4, -0.2) is 60.2 Å². The van der Waals surface area contributed by atoms with E-state index < -0.39 is 0 Å². The minimum atomic E-state index is 0.134. The number of rotatable bonds is 1. The number of morpholine rings is 1. The van der Waals surface area contributed by atoms with Crippen molar-refractivity contribution in [2.24, 2.45) is 11.7 Å². The van der Waals surface area contributed by atoms with Gasteiger partial charge in [0.1, 0.15) is 0 Å². The molecule has 0 radical (unpaired) electrons. The van der Waals surface area contributed by atoms with Crippen LogP contribution in [0.4, 0.5) is 4.79 Å². The van der Waals surface area contributed by atoms with E-state index in [9.17, 15) is 4.79 Å². The van der Waals surface area contributed by atoms with E-state index in [1.165, 1.54) is 0 Å². The van der Waals surface area contributed by atoms with E-state index in [0.29, 0.717) is 37.2 Å². The molecule has 5 nitrogen and oxygen atoms in total. The highest BCUT2D eigenvalue weighted by Gasteiger charge is 2.27. The quantitative estimate of drug-likeness (QED) is 0.692. The van der Waals surface area contributed by atoms with Gasteiger partial charge in [0.25, 0.3) is 0 Å². The highest BCUT2D eigenvalue weighted by atomic mass is 32.1. The molecule has 2 aliphatic heterocycles. The Morgan fingerprint density at radius 1 is 1.12 bits per heavy atom. The maximum absolute atomic E-state index is 12.2. The number of piperidine rings is 1. The first-order valence-electron chi connectivity index (χ1n) is 6.09. The molecule has 2 aliphatic rings. The Morgan fingerprint density at radius 2 is 1.65 bits per heavy atom. The summed E-state index contributed by atoms with van der Waals surface area (Å²) in [5, 5.41) is 0. The molecule has 2 saturated heterocycles. The van der Waals surface area contributed by atoms with E-state index in [-0.39, 0.29) is 6.03 Å². The number of urea groups is 1. The molecular formula is C11H19N3O2S. The lowest BCUT2D eigenvalue weighted by Gasteiger charge is -2.36. The second-order valence-corrected chi connectivity index (χ2v) is 5.02. The maximum atomic E-state index is 12.2. The molecule has 6 heteroatoms. The number of carbonyl (C=O) groups excluding carboxylic acids is 1. The second kappa shape index (κ2) is 5.64. The Kier molecular flexibility index (Phi) is 4.17. The van der Waals surface area contributed by atoms with Crippen LogP contribution in [0.1, 0.15) is 12.8 Å². The molecule has 96 valence electrons. The van der Waals surface area contributed by atoms with Gasteiger partial charge in [-0.2, -0.15) is 0 Å². The van der Waals surface area contributed by atoms with Crippen molar-refractivity contribution in [1.29, 1.82) is 0 Å². The molecule has 0 saturated carbocycles. The highest BCUT2D eigenvalue weighted by molar-refractivity contribution is 7.80. The number of carbonyl (C=O) groups is 1. The standard InChI is InChI=1S/C11H19N3O2S/c12-10(17)9-1-3-13(4-2-9)11(15)14-5-7-16-8-6-14/h9H,1-8H2,(H2,12,17). The van der Waals surface area contributed by atoms with Gasteiger partial charge in [0.05, 0.1) is 18.2 Å². The number of ether oxygens (including phenoxy) is 1. The average Bonchev–Trinajstić information content (AvgIpc) is 2.39. The van der Waals surface area contributed by atoms with E-state index in [1.54, 1.807) is 0 Å². The third kappa shape index (κ3) is 3.07. The van der Waals surface area contributed by atoms with E-state index in [1.807, 2.05) is 9.80 Å². The Hall–Kier alpha value is -0.880. The van der Waals surface area contributed by atoms with E-state index in [2.05, 4.69) is 0 Å². The Bertz CT molecular complexity index is 297. The summed E-state index contributed by atoms with van der Waals surface area (Å²) in [5.74, 6) is 0.304. The van der Waals surface area contributed by atoms with Crippen molar-refractivity contribution < 1.29 is 9.53 Å². The predicted octanol–water partition coefficient (Wildman–Crippen LogP) is 0.437. The third-order valence-corrected chi connectivity index (χ3v) is 3.78. The normalized spacial score (nSPS) is 22.6. The molecule has 2 N–H and O–H groups in total. The summed E-state index contributed by atoms with van der Waals surface area (Å²) < 4.78 is 5.24. The SMILES string of the molecule is NC(=S)C1CCN(C(=O)N2CCOCC2)CC1. The number of hydrogen-bond donors (Lipinski definition) is 1. The third-order valence-electron chi connectivity index (χ3n) is 3.45. The zero-order chi connectivity index (χ0) is 12.3. The van der Waals surface area contributed by atoms with Crippen LogP contribution in [-0.2, 0) is 4.74 Å².